The maximum atomic E-state index is 11.4. The molecule has 2 unspecified atom stereocenters. The number of ether oxygens (including phenoxy) is 1. The van der Waals surface area contributed by atoms with Gasteiger partial charge >= 0.3 is 12.1 Å². The van der Waals surface area contributed by atoms with E-state index in [9.17, 15) is 24.6 Å². The molecule has 148 valence electrons. The quantitative estimate of drug-likeness (QED) is 0.0812. The number of hydrogen-bond acceptors (Lipinski definition) is 8. The third-order valence-corrected chi connectivity index (χ3v) is 3.07. The zero-order valence-electron chi connectivity index (χ0n) is 13.9. The second kappa shape index (κ2) is 10.7. The number of aliphatic hydroxyl groups excluding tert-OH is 3. The Bertz CT molecular complexity index is 567. The smallest absolute Gasteiger partial charge is 0.404 e. The number of amides is 2. The van der Waals surface area contributed by atoms with Crippen LogP contribution in [0, 0.1) is 5.41 Å². The van der Waals surface area contributed by atoms with Crippen LogP contribution in [0.15, 0.2) is 11.8 Å². The molecule has 0 aliphatic heterocycles. The highest BCUT2D eigenvalue weighted by atomic mass is 16.6. The molecule has 0 aromatic rings. The van der Waals surface area contributed by atoms with Crippen molar-refractivity contribution in [1.82, 2.24) is 10.6 Å². The van der Waals surface area contributed by atoms with Crippen LogP contribution in [-0.2, 0) is 14.3 Å². The number of carbonyl (C=O) groups excluding carboxylic acids is 2. The van der Waals surface area contributed by atoms with E-state index >= 15 is 0 Å². The van der Waals surface area contributed by atoms with Crippen LogP contribution < -0.4 is 22.1 Å². The summed E-state index contributed by atoms with van der Waals surface area (Å²) in [5.41, 5.74) is 10.1. The lowest BCUT2D eigenvalue weighted by Gasteiger charge is -2.31. The lowest BCUT2D eigenvalue weighted by atomic mass is 9.97. The number of guanidine groups is 1. The van der Waals surface area contributed by atoms with E-state index in [1.807, 2.05) is 0 Å². The maximum Gasteiger partial charge on any atom is 0.404 e. The normalized spacial score (nSPS) is 15.9. The third-order valence-electron chi connectivity index (χ3n) is 3.07. The molecule has 0 aromatic heterocycles. The summed E-state index contributed by atoms with van der Waals surface area (Å²) in [4.78, 5) is 33.2. The maximum absolute atomic E-state index is 11.4. The number of aliphatic carboxylic acids is 1. The van der Waals surface area contributed by atoms with Crippen LogP contribution in [0.2, 0.25) is 0 Å². The van der Waals surface area contributed by atoms with Crippen molar-refractivity contribution in [2.45, 2.75) is 37.6 Å². The second-order valence-corrected chi connectivity index (χ2v) is 5.21. The molecule has 0 saturated carbocycles. The lowest BCUT2D eigenvalue weighted by Crippen LogP contribution is -2.54. The predicted molar refractivity (Wildman–Crippen MR) is 87.0 cm³/mol. The van der Waals surface area contributed by atoms with Crippen molar-refractivity contribution >= 4 is 23.9 Å². The molecule has 0 bridgehead atoms. The minimum atomic E-state index is -1.68. The zero-order valence-corrected chi connectivity index (χ0v) is 13.9. The summed E-state index contributed by atoms with van der Waals surface area (Å²) < 4.78 is 4.69. The molecule has 4 atom stereocenters. The Morgan fingerprint density at radius 3 is 2.19 bits per heavy atom. The van der Waals surface area contributed by atoms with Crippen LogP contribution in [0.1, 0.15) is 13.3 Å². The van der Waals surface area contributed by atoms with E-state index < -0.39 is 60.6 Å². The summed E-state index contributed by atoms with van der Waals surface area (Å²) in [7, 11) is 0. The van der Waals surface area contributed by atoms with Crippen molar-refractivity contribution in [1.29, 1.82) is 5.41 Å². The van der Waals surface area contributed by atoms with Gasteiger partial charge in [-0.15, -0.1) is 0 Å². The van der Waals surface area contributed by atoms with Gasteiger partial charge in [-0.3, -0.25) is 10.2 Å². The van der Waals surface area contributed by atoms with E-state index in [1.165, 1.54) is 0 Å². The minimum Gasteiger partial charge on any atom is -0.502 e. The van der Waals surface area contributed by atoms with E-state index in [0.717, 1.165) is 13.0 Å². The van der Waals surface area contributed by atoms with Crippen LogP contribution in [0.3, 0.4) is 0 Å². The number of nitrogens with two attached hydrogens (primary N) is 2. The van der Waals surface area contributed by atoms with Gasteiger partial charge in [0.15, 0.2) is 11.7 Å². The highest BCUT2D eigenvalue weighted by Gasteiger charge is 2.31. The Balaban J connectivity index is 5.75. The number of hydrogen-bond donors (Lipinski definition) is 9. The van der Waals surface area contributed by atoms with Crippen molar-refractivity contribution in [3.8, 4) is 0 Å². The molecule has 0 rings (SSSR count). The van der Waals surface area contributed by atoms with Crippen LogP contribution in [0.5, 0.6) is 0 Å². The Hall–Kier alpha value is -3.06. The van der Waals surface area contributed by atoms with E-state index in [4.69, 9.17) is 27.1 Å². The molecular weight excluding hydrogens is 354 g/mol. The Labute approximate surface area is 148 Å². The summed E-state index contributed by atoms with van der Waals surface area (Å²) in [5.74, 6) is -3.99. The number of aliphatic hydroxyl groups is 3. The summed E-state index contributed by atoms with van der Waals surface area (Å²) in [6.45, 7) is 0.330. The van der Waals surface area contributed by atoms with Crippen molar-refractivity contribution in [3.05, 3.63) is 11.8 Å². The Morgan fingerprint density at radius 1 is 1.23 bits per heavy atom. The van der Waals surface area contributed by atoms with Crippen molar-refractivity contribution in [2.24, 2.45) is 11.5 Å². The first-order valence-electron chi connectivity index (χ1n) is 7.24. The van der Waals surface area contributed by atoms with Crippen molar-refractivity contribution in [3.63, 3.8) is 0 Å². The van der Waals surface area contributed by atoms with Gasteiger partial charge in [0.05, 0.1) is 18.7 Å². The first kappa shape index (κ1) is 22.9. The van der Waals surface area contributed by atoms with Crippen LogP contribution in [0.25, 0.3) is 0 Å². The third kappa shape index (κ3) is 8.70. The monoisotopic (exact) mass is 377 g/mol. The molecule has 0 aromatic carbocycles. The fourth-order valence-electron chi connectivity index (χ4n) is 2.04. The molecule has 0 fully saturated rings. The molecule has 0 heterocycles. The molecule has 0 radical (unpaired) electrons. The fourth-order valence-corrected chi connectivity index (χ4v) is 2.04. The molecule has 13 heteroatoms. The number of carboxylic acid groups (broad SMARTS) is 1. The molecule has 0 saturated heterocycles. The zero-order chi connectivity index (χ0) is 20.4. The van der Waals surface area contributed by atoms with Gasteiger partial charge in [-0.25, -0.2) is 9.59 Å². The average molecular weight is 377 g/mol. The van der Waals surface area contributed by atoms with Gasteiger partial charge in [-0.1, -0.05) is 0 Å². The van der Waals surface area contributed by atoms with Crippen molar-refractivity contribution in [2.75, 3.05) is 6.61 Å². The van der Waals surface area contributed by atoms with E-state index in [2.05, 4.69) is 15.4 Å². The largest absolute Gasteiger partial charge is 0.502 e. The number of rotatable bonds is 10. The summed E-state index contributed by atoms with van der Waals surface area (Å²) >= 11 is 0. The van der Waals surface area contributed by atoms with Crippen LogP contribution in [0.4, 0.5) is 4.79 Å². The molecule has 0 aliphatic rings. The van der Waals surface area contributed by atoms with Crippen LogP contribution >= 0.6 is 0 Å². The Kier molecular flexibility index (Phi) is 9.47. The van der Waals surface area contributed by atoms with Gasteiger partial charge in [-0.05, 0) is 6.08 Å². The number of carbonyl (C=O) groups is 3. The lowest BCUT2D eigenvalue weighted by molar-refractivity contribution is -0.135. The molecule has 11 N–H and O–H groups in total. The molecule has 0 spiro atoms. The van der Waals surface area contributed by atoms with Gasteiger partial charge < -0.3 is 47.3 Å². The highest BCUT2D eigenvalue weighted by Crippen LogP contribution is 2.13. The van der Waals surface area contributed by atoms with Gasteiger partial charge in [0.1, 0.15) is 12.2 Å². The summed E-state index contributed by atoms with van der Waals surface area (Å²) in [6.07, 6.45) is -3.81. The minimum absolute atomic E-state index is 0.363. The molecule has 13 nitrogen and oxygen atoms in total. The highest BCUT2D eigenvalue weighted by molar-refractivity contribution is 5.84. The van der Waals surface area contributed by atoms with Gasteiger partial charge in [0.25, 0.3) is 0 Å². The summed E-state index contributed by atoms with van der Waals surface area (Å²) in [6, 6.07) is -2.36. The van der Waals surface area contributed by atoms with Gasteiger partial charge in [-0.2, -0.15) is 0 Å². The van der Waals surface area contributed by atoms with E-state index in [0.29, 0.717) is 0 Å². The number of carboxylic acids is 1. The SMILES string of the molecule is CC(=O)NC(C[C@H](OC(N)=O)[C@H](O)CO)C(/C=C(\O)C(=O)O)NC(=N)N. The molecule has 2 amide bonds. The first-order valence-corrected chi connectivity index (χ1v) is 7.24. The molecule has 0 aliphatic carbocycles. The topological polar surface area (TPSA) is 241 Å². The standard InChI is InChI=1S/C13H23N5O8/c1-5(20)17-7(3-10(9(22)4-19)26-13(16)25)6(18-12(14)15)2-8(21)11(23)24/h2,6-7,9-10,19,21-22H,3-4H2,1H3,(H2,16,25)(H,17,20)(H,23,24)(H4,14,15,18)/b8-2-/t6?,7?,9-,10+/m1/s1. The molecule has 26 heavy (non-hydrogen) atoms. The van der Waals surface area contributed by atoms with E-state index in [1.54, 1.807) is 0 Å². The molecular formula is C13H23N5O8. The first-order chi connectivity index (χ1) is 12.0. The Morgan fingerprint density at radius 2 is 1.81 bits per heavy atom. The number of nitrogens with one attached hydrogen (secondary N) is 3. The van der Waals surface area contributed by atoms with Gasteiger partial charge in [0, 0.05) is 13.3 Å². The van der Waals surface area contributed by atoms with Gasteiger partial charge in [0.2, 0.25) is 5.91 Å². The van der Waals surface area contributed by atoms with Crippen LogP contribution in [-0.4, -0.2) is 75.3 Å². The summed E-state index contributed by atoms with van der Waals surface area (Å²) in [5, 5.41) is 49.0. The van der Waals surface area contributed by atoms with E-state index in [-0.39, 0.29) is 6.42 Å². The van der Waals surface area contributed by atoms with Crippen molar-refractivity contribution < 1.29 is 39.5 Å². The predicted octanol–water partition coefficient (Wildman–Crippen LogP) is -2.92. The number of primary amides is 1. The average Bonchev–Trinajstić information content (AvgIpc) is 2.50. The fraction of sp³-hybridized carbons (Fsp3) is 0.538. The second-order valence-electron chi connectivity index (χ2n) is 5.21.